The number of rotatable bonds is 0. The van der Waals surface area contributed by atoms with Crippen LogP contribution in [0.4, 0.5) is 0 Å². The van der Waals surface area contributed by atoms with Gasteiger partial charge in [0.05, 0.1) is 23.4 Å². The molecule has 0 unspecified atom stereocenters. The van der Waals surface area contributed by atoms with Gasteiger partial charge >= 0.3 is 0 Å². The smallest absolute Gasteiger partial charge is 0.119 e. The van der Waals surface area contributed by atoms with E-state index in [1.807, 2.05) is 12.1 Å². The molecule has 1 heterocycles. The van der Waals surface area contributed by atoms with Crippen molar-refractivity contribution < 1.29 is 4.18 Å². The molecule has 46 valence electrons. The maximum atomic E-state index is 8.36. The first-order chi connectivity index (χ1) is 4.43. The minimum Gasteiger partial charge on any atom is -0.432 e. The fourth-order valence-corrected chi connectivity index (χ4v) is 0.867. The lowest BCUT2D eigenvalue weighted by Crippen LogP contribution is -1.67. The van der Waals surface area contributed by atoms with Crippen molar-refractivity contribution in [3.05, 3.63) is 24.0 Å². The lowest BCUT2D eigenvalue weighted by molar-refractivity contribution is 0.566. The Hall–Kier alpha value is -0.880. The van der Waals surface area contributed by atoms with Gasteiger partial charge in [0.1, 0.15) is 12.3 Å². The van der Waals surface area contributed by atoms with Gasteiger partial charge in [-0.1, -0.05) is 6.08 Å². The fraction of sp³-hybridized carbons (Fsp3) is 0.167. The minimum absolute atomic E-state index is 0.569. The van der Waals surface area contributed by atoms with Crippen molar-refractivity contribution >= 4 is 12.0 Å². The van der Waals surface area contributed by atoms with E-state index in [0.29, 0.717) is 5.57 Å². The monoisotopic (exact) mass is 139 g/mol. The van der Waals surface area contributed by atoms with Crippen LogP contribution in [-0.4, -0.2) is 5.75 Å². The van der Waals surface area contributed by atoms with Crippen LogP contribution in [0.1, 0.15) is 0 Å². The van der Waals surface area contributed by atoms with Crippen molar-refractivity contribution in [2.24, 2.45) is 0 Å². The first-order valence-corrected chi connectivity index (χ1v) is 3.39. The third kappa shape index (κ3) is 1.82. The SMILES string of the molecule is N#CC1=COSCC=C1. The van der Waals surface area contributed by atoms with Crippen molar-refractivity contribution in [2.45, 2.75) is 0 Å². The van der Waals surface area contributed by atoms with Gasteiger partial charge in [-0.25, -0.2) is 0 Å². The van der Waals surface area contributed by atoms with Crippen LogP contribution in [-0.2, 0) is 4.18 Å². The van der Waals surface area contributed by atoms with E-state index in [0.717, 1.165) is 5.75 Å². The summed E-state index contributed by atoms with van der Waals surface area (Å²) in [7, 11) is 0. The Morgan fingerprint density at radius 2 is 2.67 bits per heavy atom. The molecule has 1 aliphatic rings. The van der Waals surface area contributed by atoms with E-state index in [1.54, 1.807) is 6.08 Å². The van der Waals surface area contributed by atoms with E-state index in [1.165, 1.54) is 18.3 Å². The summed E-state index contributed by atoms with van der Waals surface area (Å²) < 4.78 is 4.87. The molecular formula is C6H5NOS. The summed E-state index contributed by atoms with van der Waals surface area (Å²) in [6, 6.07) is 1.98. The molecule has 1 aliphatic heterocycles. The average Bonchev–Trinajstić information content (AvgIpc) is 2.13. The second-order valence-electron chi connectivity index (χ2n) is 1.47. The number of nitriles is 1. The number of nitrogens with zero attached hydrogens (tertiary/aromatic N) is 1. The molecule has 0 amide bonds. The zero-order valence-corrected chi connectivity index (χ0v) is 5.52. The molecule has 0 aromatic rings. The summed E-state index contributed by atoms with van der Waals surface area (Å²) in [6.07, 6.45) is 5.10. The summed E-state index contributed by atoms with van der Waals surface area (Å²) >= 11 is 1.32. The Kier molecular flexibility index (Phi) is 2.22. The number of allylic oxidation sites excluding steroid dienone is 2. The fourth-order valence-electron chi connectivity index (χ4n) is 0.442. The second-order valence-corrected chi connectivity index (χ2v) is 2.23. The van der Waals surface area contributed by atoms with Gasteiger partial charge in [0.25, 0.3) is 0 Å². The minimum atomic E-state index is 0.569. The molecule has 0 aromatic heterocycles. The van der Waals surface area contributed by atoms with Crippen LogP contribution in [0.15, 0.2) is 24.0 Å². The largest absolute Gasteiger partial charge is 0.432 e. The van der Waals surface area contributed by atoms with Gasteiger partial charge in [-0.2, -0.15) is 5.26 Å². The van der Waals surface area contributed by atoms with E-state index in [2.05, 4.69) is 0 Å². The maximum Gasteiger partial charge on any atom is 0.119 e. The van der Waals surface area contributed by atoms with Crippen molar-refractivity contribution in [2.75, 3.05) is 5.75 Å². The van der Waals surface area contributed by atoms with E-state index < -0.39 is 0 Å². The molecule has 0 aliphatic carbocycles. The molecule has 9 heavy (non-hydrogen) atoms. The van der Waals surface area contributed by atoms with Crippen LogP contribution in [0.25, 0.3) is 0 Å². The molecule has 0 radical (unpaired) electrons. The van der Waals surface area contributed by atoms with Crippen molar-refractivity contribution in [1.82, 2.24) is 0 Å². The molecule has 0 aromatic carbocycles. The van der Waals surface area contributed by atoms with E-state index in [4.69, 9.17) is 9.44 Å². The van der Waals surface area contributed by atoms with E-state index in [-0.39, 0.29) is 0 Å². The number of hydrogen-bond acceptors (Lipinski definition) is 3. The summed E-state index contributed by atoms with van der Waals surface area (Å²) in [6.45, 7) is 0. The molecule has 0 fully saturated rings. The summed E-state index contributed by atoms with van der Waals surface area (Å²) in [5, 5.41) is 8.36. The van der Waals surface area contributed by atoms with Crippen molar-refractivity contribution in [3.63, 3.8) is 0 Å². The number of hydrogen-bond donors (Lipinski definition) is 0. The van der Waals surface area contributed by atoms with Gasteiger partial charge < -0.3 is 4.18 Å². The topological polar surface area (TPSA) is 33.0 Å². The zero-order chi connectivity index (χ0) is 6.53. The summed E-state index contributed by atoms with van der Waals surface area (Å²) in [5.74, 6) is 0.807. The average molecular weight is 139 g/mol. The molecule has 2 nitrogen and oxygen atoms in total. The third-order valence-electron chi connectivity index (χ3n) is 0.834. The van der Waals surface area contributed by atoms with E-state index in [9.17, 15) is 0 Å². The Balaban J connectivity index is 2.67. The zero-order valence-electron chi connectivity index (χ0n) is 4.70. The maximum absolute atomic E-state index is 8.36. The molecule has 0 atom stereocenters. The van der Waals surface area contributed by atoms with Crippen LogP contribution in [0.2, 0.25) is 0 Å². The standard InChI is InChI=1S/C6H5NOS/c7-4-6-2-1-3-9-8-5-6/h1-2,5H,3H2. The van der Waals surface area contributed by atoms with Gasteiger partial charge in [-0.15, -0.1) is 0 Å². The van der Waals surface area contributed by atoms with E-state index >= 15 is 0 Å². The molecule has 0 saturated heterocycles. The Bertz CT molecular complexity index is 190. The molecule has 1 rings (SSSR count). The van der Waals surface area contributed by atoms with Crippen LogP contribution in [0.5, 0.6) is 0 Å². The predicted molar refractivity (Wildman–Crippen MR) is 36.4 cm³/mol. The van der Waals surface area contributed by atoms with Crippen LogP contribution in [0, 0.1) is 11.3 Å². The van der Waals surface area contributed by atoms with Crippen LogP contribution in [0.3, 0.4) is 0 Å². The summed E-state index contributed by atoms with van der Waals surface area (Å²) in [4.78, 5) is 0. The Labute approximate surface area is 58.0 Å². The van der Waals surface area contributed by atoms with Gasteiger partial charge in [0.15, 0.2) is 0 Å². The van der Waals surface area contributed by atoms with Crippen LogP contribution < -0.4 is 0 Å². The van der Waals surface area contributed by atoms with Crippen molar-refractivity contribution in [1.29, 1.82) is 5.26 Å². The van der Waals surface area contributed by atoms with Gasteiger partial charge in [-0.05, 0) is 6.08 Å². The lowest BCUT2D eigenvalue weighted by atomic mass is 10.3. The predicted octanol–water partition coefficient (Wildman–Crippen LogP) is 1.63. The van der Waals surface area contributed by atoms with Gasteiger partial charge in [-0.3, -0.25) is 0 Å². The highest BCUT2D eigenvalue weighted by molar-refractivity contribution is 7.94. The molecule has 0 saturated carbocycles. The molecule has 0 N–H and O–H groups in total. The molecule has 0 bridgehead atoms. The quantitative estimate of drug-likeness (QED) is 0.478. The Morgan fingerprint density at radius 3 is 3.44 bits per heavy atom. The second kappa shape index (κ2) is 3.21. The third-order valence-corrected chi connectivity index (χ3v) is 1.39. The molecule has 3 heteroatoms. The lowest BCUT2D eigenvalue weighted by Gasteiger charge is -1.88. The highest BCUT2D eigenvalue weighted by Crippen LogP contribution is 2.10. The first-order valence-electron chi connectivity index (χ1n) is 2.48. The first kappa shape index (κ1) is 6.24. The van der Waals surface area contributed by atoms with Crippen LogP contribution >= 0.6 is 12.0 Å². The summed E-state index contributed by atoms with van der Waals surface area (Å²) in [5.41, 5.74) is 0.569. The molecule has 0 spiro atoms. The van der Waals surface area contributed by atoms with Gasteiger partial charge in [0, 0.05) is 0 Å². The normalized spacial score (nSPS) is 17.0. The molecular weight excluding hydrogens is 134 g/mol. The highest BCUT2D eigenvalue weighted by Gasteiger charge is 1.93. The van der Waals surface area contributed by atoms with Gasteiger partial charge in [0.2, 0.25) is 0 Å². The Morgan fingerprint density at radius 1 is 1.78 bits per heavy atom. The van der Waals surface area contributed by atoms with Crippen molar-refractivity contribution in [3.8, 4) is 6.07 Å². The highest BCUT2D eigenvalue weighted by atomic mass is 32.2.